The molecule has 2 nitrogen and oxygen atoms in total. The van der Waals surface area contributed by atoms with Gasteiger partial charge in [0.05, 0.1) is 0 Å². The second kappa shape index (κ2) is 19.3. The second-order valence-corrected chi connectivity index (χ2v) is 5.00. The van der Waals surface area contributed by atoms with Gasteiger partial charge in [-0.2, -0.15) is 0 Å². The molecule has 0 rings (SSSR count). The first-order valence-electron chi connectivity index (χ1n) is 7.92. The van der Waals surface area contributed by atoms with E-state index in [-0.39, 0.29) is 25.3 Å². The maximum Gasteiger partial charge on any atom is 1.00 e. The molecule has 0 unspecified atom stereocenters. The Morgan fingerprint density at radius 3 is 1.76 bits per heavy atom. The molecule has 0 atom stereocenters. The van der Waals surface area contributed by atoms with E-state index in [0.717, 1.165) is 25.7 Å². The van der Waals surface area contributed by atoms with E-state index in [4.69, 9.17) is 0 Å². The second-order valence-electron chi connectivity index (χ2n) is 5.00. The van der Waals surface area contributed by atoms with Gasteiger partial charge in [0.15, 0.2) is 0 Å². The fraction of sp³-hybridized carbons (Fsp3) is 0.611. The van der Waals surface area contributed by atoms with Crippen LogP contribution in [0.25, 0.3) is 0 Å². The van der Waals surface area contributed by atoms with Crippen molar-refractivity contribution >= 4 is 5.97 Å². The van der Waals surface area contributed by atoms with Gasteiger partial charge in [-0.15, -0.1) is 0 Å². The summed E-state index contributed by atoms with van der Waals surface area (Å²) in [5.74, 6) is -0.945. The zero-order chi connectivity index (χ0) is 14.9. The van der Waals surface area contributed by atoms with Crippen LogP contribution in [0.5, 0.6) is 0 Å². The van der Waals surface area contributed by atoms with Gasteiger partial charge in [0.25, 0.3) is 0 Å². The Bertz CT molecular complexity index is 306. The number of rotatable bonds is 13. The molecule has 21 heavy (non-hydrogen) atoms. The molecular weight excluding hydrogens is 255 g/mol. The van der Waals surface area contributed by atoms with E-state index in [1.165, 1.54) is 25.7 Å². The van der Waals surface area contributed by atoms with Crippen LogP contribution in [0.2, 0.25) is 0 Å². The molecular formula is C18H29LiO2. The summed E-state index contributed by atoms with van der Waals surface area (Å²) in [6.45, 7) is 2.23. The third-order valence-corrected chi connectivity index (χ3v) is 3.02. The van der Waals surface area contributed by atoms with Gasteiger partial charge in [-0.1, -0.05) is 56.2 Å². The number of carbonyl (C=O) groups excluding carboxylic acids is 1. The van der Waals surface area contributed by atoms with E-state index in [9.17, 15) is 9.90 Å². The minimum atomic E-state index is -0.945. The van der Waals surface area contributed by atoms with Crippen molar-refractivity contribution in [3.63, 3.8) is 0 Å². The number of carboxylic acids is 1. The monoisotopic (exact) mass is 284 g/mol. The van der Waals surface area contributed by atoms with Gasteiger partial charge in [0.1, 0.15) is 0 Å². The van der Waals surface area contributed by atoms with Crippen LogP contribution in [0.3, 0.4) is 0 Å². The molecule has 0 fully saturated rings. The number of carbonyl (C=O) groups is 1. The largest absolute Gasteiger partial charge is 1.00 e. The molecule has 0 aliphatic carbocycles. The average molecular weight is 284 g/mol. The Labute approximate surface area is 142 Å². The molecule has 0 aliphatic rings. The fourth-order valence-corrected chi connectivity index (χ4v) is 1.82. The smallest absolute Gasteiger partial charge is 0.550 e. The molecule has 114 valence electrons. The van der Waals surface area contributed by atoms with Gasteiger partial charge in [0.2, 0.25) is 0 Å². The summed E-state index contributed by atoms with van der Waals surface area (Å²) in [6.07, 6.45) is 23.0. The van der Waals surface area contributed by atoms with E-state index >= 15 is 0 Å². The van der Waals surface area contributed by atoms with Crippen molar-refractivity contribution < 1.29 is 28.8 Å². The molecule has 0 saturated carbocycles. The van der Waals surface area contributed by atoms with Gasteiger partial charge in [-0.05, 0) is 51.4 Å². The molecule has 0 bridgehead atoms. The predicted octanol–water partition coefficient (Wildman–Crippen LogP) is 1.33. The van der Waals surface area contributed by atoms with E-state index in [2.05, 4.69) is 43.4 Å². The zero-order valence-electron chi connectivity index (χ0n) is 13.9. The fourth-order valence-electron chi connectivity index (χ4n) is 1.82. The molecule has 0 saturated heterocycles. The number of hydrogen-bond donors (Lipinski definition) is 0. The van der Waals surface area contributed by atoms with Crippen LogP contribution in [0.1, 0.15) is 71.1 Å². The standard InChI is InChI=1S/C18H30O2.Li/c1-2-3-4-5-6-7-8-9-10-11-12-13-14-15-16-17-18(19)20;/h6-7,9-10,12-13H,2-5,8,11,14-17H2,1H3,(H,19,20);/q;+1/p-1/b7-6?,10-9?,13-12-;. The molecule has 0 aromatic carbocycles. The average Bonchev–Trinajstić information content (AvgIpc) is 2.43. The summed E-state index contributed by atoms with van der Waals surface area (Å²) in [4.78, 5) is 10.2. The van der Waals surface area contributed by atoms with Gasteiger partial charge < -0.3 is 9.90 Å². The van der Waals surface area contributed by atoms with Gasteiger partial charge >= 0.3 is 18.9 Å². The molecule has 0 aromatic heterocycles. The van der Waals surface area contributed by atoms with Crippen LogP contribution in [0, 0.1) is 0 Å². The molecule has 0 radical (unpaired) electrons. The first-order chi connectivity index (χ1) is 9.77. The topological polar surface area (TPSA) is 40.1 Å². The SMILES string of the molecule is CCCCCC=CCC=CC/C=C\CCCCC(=O)[O-].[Li+]. The van der Waals surface area contributed by atoms with Crippen molar-refractivity contribution in [3.8, 4) is 0 Å². The van der Waals surface area contributed by atoms with Crippen molar-refractivity contribution in [2.24, 2.45) is 0 Å². The molecule has 0 amide bonds. The van der Waals surface area contributed by atoms with E-state index < -0.39 is 5.97 Å². The van der Waals surface area contributed by atoms with Crippen molar-refractivity contribution in [2.75, 3.05) is 0 Å². The van der Waals surface area contributed by atoms with Crippen LogP contribution in [-0.2, 0) is 4.79 Å². The van der Waals surface area contributed by atoms with Crippen LogP contribution < -0.4 is 24.0 Å². The molecule has 0 aliphatic heterocycles. The Hall–Kier alpha value is -0.713. The van der Waals surface area contributed by atoms with Crippen molar-refractivity contribution in [1.29, 1.82) is 0 Å². The summed E-state index contributed by atoms with van der Waals surface area (Å²) in [6, 6.07) is 0. The van der Waals surface area contributed by atoms with Gasteiger partial charge in [0, 0.05) is 5.97 Å². The summed E-state index contributed by atoms with van der Waals surface area (Å²) in [5.41, 5.74) is 0. The van der Waals surface area contributed by atoms with E-state index in [0.29, 0.717) is 6.42 Å². The van der Waals surface area contributed by atoms with Crippen molar-refractivity contribution in [1.82, 2.24) is 0 Å². The number of hydrogen-bond acceptors (Lipinski definition) is 2. The summed E-state index contributed by atoms with van der Waals surface area (Å²) >= 11 is 0. The summed E-state index contributed by atoms with van der Waals surface area (Å²) in [7, 11) is 0. The Morgan fingerprint density at radius 2 is 1.29 bits per heavy atom. The zero-order valence-corrected chi connectivity index (χ0v) is 13.9. The van der Waals surface area contributed by atoms with Crippen molar-refractivity contribution in [3.05, 3.63) is 36.5 Å². The van der Waals surface area contributed by atoms with Crippen molar-refractivity contribution in [2.45, 2.75) is 71.1 Å². The predicted molar refractivity (Wildman–Crippen MR) is 84.3 cm³/mol. The maximum absolute atomic E-state index is 10.2. The third kappa shape index (κ3) is 21.7. The number of allylic oxidation sites excluding steroid dienone is 6. The van der Waals surface area contributed by atoms with Gasteiger partial charge in [-0.3, -0.25) is 0 Å². The first-order valence-corrected chi connectivity index (χ1v) is 7.92. The first kappa shape index (κ1) is 22.6. The third-order valence-electron chi connectivity index (χ3n) is 3.02. The molecule has 3 heteroatoms. The van der Waals surface area contributed by atoms with Gasteiger partial charge in [-0.25, -0.2) is 0 Å². The molecule has 0 aromatic rings. The van der Waals surface area contributed by atoms with Crippen LogP contribution in [-0.4, -0.2) is 5.97 Å². The number of unbranched alkanes of at least 4 members (excludes halogenated alkanes) is 5. The molecule has 0 N–H and O–H groups in total. The number of carboxylic acid groups (broad SMARTS) is 1. The van der Waals surface area contributed by atoms with E-state index in [1.54, 1.807) is 0 Å². The Morgan fingerprint density at radius 1 is 0.810 bits per heavy atom. The molecule has 0 spiro atoms. The maximum atomic E-state index is 10.2. The quantitative estimate of drug-likeness (QED) is 0.291. The van der Waals surface area contributed by atoms with E-state index in [1.807, 2.05) is 0 Å². The summed E-state index contributed by atoms with van der Waals surface area (Å²) < 4.78 is 0. The minimum Gasteiger partial charge on any atom is -0.550 e. The van der Waals surface area contributed by atoms with Crippen LogP contribution in [0.4, 0.5) is 0 Å². The minimum absolute atomic E-state index is 0. The Kier molecular flexibility index (Phi) is 20.7. The van der Waals surface area contributed by atoms with Crippen LogP contribution in [0.15, 0.2) is 36.5 Å². The summed E-state index contributed by atoms with van der Waals surface area (Å²) in [5, 5.41) is 10.2. The van der Waals surface area contributed by atoms with Crippen LogP contribution >= 0.6 is 0 Å². The Balaban J connectivity index is 0. The number of aliphatic carboxylic acids is 1. The normalized spacial score (nSPS) is 11.5. The molecule has 0 heterocycles.